The van der Waals surface area contributed by atoms with E-state index in [4.69, 9.17) is 0 Å². The molecule has 0 heterocycles. The second-order valence-corrected chi connectivity index (χ2v) is 4.14. The van der Waals surface area contributed by atoms with Crippen LogP contribution in [-0.2, 0) is 0 Å². The van der Waals surface area contributed by atoms with Crippen LogP contribution in [0.15, 0.2) is 48.5 Å². The van der Waals surface area contributed by atoms with Crippen molar-refractivity contribution in [1.29, 1.82) is 0 Å². The zero-order valence-corrected chi connectivity index (χ0v) is 10.1. The Kier molecular flexibility index (Phi) is 3.69. The summed E-state index contributed by atoms with van der Waals surface area (Å²) < 4.78 is 50.8. The van der Waals surface area contributed by atoms with E-state index in [0.29, 0.717) is 5.56 Å². The minimum absolute atomic E-state index is 0.508. The lowest BCUT2D eigenvalue weighted by molar-refractivity contribution is 0.409. The largest absolute Gasteiger partial charge is 0.306 e. The van der Waals surface area contributed by atoms with Gasteiger partial charge in [-0.3, -0.25) is 0 Å². The Labute approximate surface area is 108 Å². The van der Waals surface area contributed by atoms with Crippen molar-refractivity contribution in [3.05, 3.63) is 65.5 Å². The van der Waals surface area contributed by atoms with E-state index in [0.717, 1.165) is 23.3 Å². The SMILES string of the molecule is Cc1ccc(-c2ccc(C(F)=C(F)F)c(F)c2)cc1. The molecule has 0 bridgehead atoms. The Morgan fingerprint density at radius 2 is 1.42 bits per heavy atom. The summed E-state index contributed by atoms with van der Waals surface area (Å²) in [7, 11) is 0. The first kappa shape index (κ1) is 13.3. The van der Waals surface area contributed by atoms with Gasteiger partial charge in [-0.05, 0) is 30.2 Å². The van der Waals surface area contributed by atoms with Gasteiger partial charge in [0.15, 0.2) is 5.83 Å². The van der Waals surface area contributed by atoms with Gasteiger partial charge in [-0.25, -0.2) is 8.78 Å². The van der Waals surface area contributed by atoms with Gasteiger partial charge in [0.1, 0.15) is 5.82 Å². The third-order valence-electron chi connectivity index (χ3n) is 2.76. The van der Waals surface area contributed by atoms with E-state index < -0.39 is 23.3 Å². The lowest BCUT2D eigenvalue weighted by Gasteiger charge is -2.05. The van der Waals surface area contributed by atoms with Crippen molar-refractivity contribution in [3.63, 3.8) is 0 Å². The highest BCUT2D eigenvalue weighted by Crippen LogP contribution is 2.28. The molecule has 0 atom stereocenters. The smallest absolute Gasteiger partial charge is 0.206 e. The van der Waals surface area contributed by atoms with Crippen molar-refractivity contribution >= 4 is 5.83 Å². The van der Waals surface area contributed by atoms with Crippen LogP contribution < -0.4 is 0 Å². The third-order valence-corrected chi connectivity index (χ3v) is 2.76. The molecule has 98 valence electrons. The van der Waals surface area contributed by atoms with E-state index >= 15 is 0 Å². The molecule has 0 N–H and O–H groups in total. The van der Waals surface area contributed by atoms with Crippen LogP contribution in [0.25, 0.3) is 17.0 Å². The van der Waals surface area contributed by atoms with Gasteiger partial charge in [0.25, 0.3) is 0 Å². The standard InChI is InChI=1S/C15H10F4/c1-9-2-4-10(5-3-9)11-6-7-12(13(16)8-11)14(17)15(18)19/h2-8H,1H3. The van der Waals surface area contributed by atoms with E-state index in [1.807, 2.05) is 19.1 Å². The summed E-state index contributed by atoms with van der Waals surface area (Å²) in [4.78, 5) is 0. The molecule has 0 aromatic heterocycles. The predicted molar refractivity (Wildman–Crippen MR) is 66.8 cm³/mol. The van der Waals surface area contributed by atoms with Crippen molar-refractivity contribution in [2.45, 2.75) is 6.92 Å². The zero-order valence-electron chi connectivity index (χ0n) is 10.1. The monoisotopic (exact) mass is 266 g/mol. The first-order chi connectivity index (χ1) is 8.99. The minimum Gasteiger partial charge on any atom is -0.206 e. The van der Waals surface area contributed by atoms with E-state index in [1.54, 1.807) is 12.1 Å². The summed E-state index contributed by atoms with van der Waals surface area (Å²) >= 11 is 0. The van der Waals surface area contributed by atoms with E-state index in [-0.39, 0.29) is 0 Å². The molecular formula is C15H10F4. The fourth-order valence-electron chi connectivity index (χ4n) is 1.72. The molecule has 0 saturated carbocycles. The number of rotatable bonds is 2. The van der Waals surface area contributed by atoms with Gasteiger partial charge in [0.05, 0.1) is 5.56 Å². The van der Waals surface area contributed by atoms with E-state index in [9.17, 15) is 17.6 Å². The molecule has 0 fully saturated rings. The van der Waals surface area contributed by atoms with Crippen LogP contribution in [0.2, 0.25) is 0 Å². The summed E-state index contributed by atoms with van der Waals surface area (Å²) in [5.41, 5.74) is 1.57. The number of halogens is 4. The van der Waals surface area contributed by atoms with Gasteiger partial charge in [0.2, 0.25) is 0 Å². The number of aryl methyl sites for hydroxylation is 1. The Morgan fingerprint density at radius 3 is 1.95 bits per heavy atom. The van der Waals surface area contributed by atoms with Gasteiger partial charge in [-0.2, -0.15) is 8.78 Å². The molecule has 2 aromatic carbocycles. The van der Waals surface area contributed by atoms with Crippen LogP contribution in [0.3, 0.4) is 0 Å². The molecule has 0 unspecified atom stereocenters. The Balaban J connectivity index is 2.45. The highest BCUT2D eigenvalue weighted by molar-refractivity contribution is 5.68. The summed E-state index contributed by atoms with van der Waals surface area (Å²) in [6.45, 7) is 1.91. The molecule has 0 spiro atoms. The molecule has 0 aliphatic heterocycles. The Bertz CT molecular complexity index is 623. The molecule has 0 nitrogen and oxygen atoms in total. The second-order valence-electron chi connectivity index (χ2n) is 4.14. The fraction of sp³-hybridized carbons (Fsp3) is 0.0667. The third kappa shape index (κ3) is 2.84. The lowest BCUT2D eigenvalue weighted by atomic mass is 10.0. The summed E-state index contributed by atoms with van der Waals surface area (Å²) in [6.07, 6.45) is -2.53. The fourth-order valence-corrected chi connectivity index (χ4v) is 1.72. The summed E-state index contributed by atoms with van der Waals surface area (Å²) in [6, 6.07) is 10.7. The van der Waals surface area contributed by atoms with Gasteiger partial charge in [0, 0.05) is 0 Å². The highest BCUT2D eigenvalue weighted by Gasteiger charge is 2.14. The van der Waals surface area contributed by atoms with Crippen molar-refractivity contribution in [2.24, 2.45) is 0 Å². The summed E-state index contributed by atoms with van der Waals surface area (Å²) in [5.74, 6) is -2.84. The number of hydrogen-bond donors (Lipinski definition) is 0. The molecule has 4 heteroatoms. The highest BCUT2D eigenvalue weighted by atomic mass is 19.3. The molecular weight excluding hydrogens is 256 g/mol. The number of hydrogen-bond acceptors (Lipinski definition) is 0. The molecule has 0 aliphatic rings. The van der Waals surface area contributed by atoms with Gasteiger partial charge in [-0.1, -0.05) is 35.9 Å². The van der Waals surface area contributed by atoms with Crippen LogP contribution in [0.4, 0.5) is 17.6 Å². The molecule has 0 radical (unpaired) electrons. The Morgan fingerprint density at radius 1 is 0.842 bits per heavy atom. The van der Waals surface area contributed by atoms with Crippen molar-refractivity contribution in [2.75, 3.05) is 0 Å². The predicted octanol–water partition coefficient (Wildman–Crippen LogP) is 5.34. The quantitative estimate of drug-likeness (QED) is 0.644. The van der Waals surface area contributed by atoms with Crippen molar-refractivity contribution < 1.29 is 17.6 Å². The lowest BCUT2D eigenvalue weighted by Crippen LogP contribution is -1.89. The average Bonchev–Trinajstić information content (AvgIpc) is 2.38. The number of benzene rings is 2. The maximum Gasteiger partial charge on any atom is 0.306 e. The van der Waals surface area contributed by atoms with E-state index in [1.165, 1.54) is 6.07 Å². The van der Waals surface area contributed by atoms with Gasteiger partial charge in [-0.15, -0.1) is 0 Å². The van der Waals surface area contributed by atoms with E-state index in [2.05, 4.69) is 0 Å². The first-order valence-electron chi connectivity index (χ1n) is 5.57. The Hall–Kier alpha value is -2.10. The molecule has 0 saturated heterocycles. The van der Waals surface area contributed by atoms with Crippen LogP contribution in [-0.4, -0.2) is 0 Å². The minimum atomic E-state index is -2.53. The van der Waals surface area contributed by atoms with Crippen LogP contribution >= 0.6 is 0 Å². The molecule has 19 heavy (non-hydrogen) atoms. The first-order valence-corrected chi connectivity index (χ1v) is 5.57. The van der Waals surface area contributed by atoms with Crippen molar-refractivity contribution in [1.82, 2.24) is 0 Å². The topological polar surface area (TPSA) is 0 Å². The maximum atomic E-state index is 13.6. The molecule has 2 aromatic rings. The van der Waals surface area contributed by atoms with Crippen LogP contribution in [0, 0.1) is 12.7 Å². The van der Waals surface area contributed by atoms with Gasteiger partial charge < -0.3 is 0 Å². The van der Waals surface area contributed by atoms with Crippen LogP contribution in [0.1, 0.15) is 11.1 Å². The maximum absolute atomic E-state index is 13.6. The van der Waals surface area contributed by atoms with Gasteiger partial charge >= 0.3 is 6.08 Å². The average molecular weight is 266 g/mol. The molecule has 2 rings (SSSR count). The molecule has 0 amide bonds. The van der Waals surface area contributed by atoms with Crippen molar-refractivity contribution in [3.8, 4) is 11.1 Å². The molecule has 0 aliphatic carbocycles. The summed E-state index contributed by atoms with van der Waals surface area (Å²) in [5, 5.41) is 0. The second kappa shape index (κ2) is 5.26. The zero-order chi connectivity index (χ0) is 14.0. The normalized spacial score (nSPS) is 10.4. The van der Waals surface area contributed by atoms with Crippen LogP contribution in [0.5, 0.6) is 0 Å².